The fourth-order valence-corrected chi connectivity index (χ4v) is 2.94. The summed E-state index contributed by atoms with van der Waals surface area (Å²) in [4.78, 5) is 11.6. The molecule has 0 atom stereocenters. The lowest BCUT2D eigenvalue weighted by Gasteiger charge is -2.38. The number of hydrogen-bond donors (Lipinski definition) is 1. The number of ether oxygens (including phenoxy) is 2. The lowest BCUT2D eigenvalue weighted by Crippen LogP contribution is -2.37. The Kier molecular flexibility index (Phi) is 6.80. The summed E-state index contributed by atoms with van der Waals surface area (Å²) in [7, 11) is 1.63. The molecule has 0 saturated heterocycles. The maximum absolute atomic E-state index is 11.6. The first-order chi connectivity index (χ1) is 9.02. The fraction of sp³-hybridized carbons (Fsp3) is 0.933. The molecule has 0 radical (unpaired) electrons. The highest BCUT2D eigenvalue weighted by molar-refractivity contribution is 5.74. The van der Waals surface area contributed by atoms with E-state index in [1.54, 1.807) is 7.11 Å². The molecule has 0 spiro atoms. The van der Waals surface area contributed by atoms with E-state index in [1.165, 1.54) is 0 Å². The molecule has 1 aliphatic carbocycles. The summed E-state index contributed by atoms with van der Waals surface area (Å²) in [5, 5.41) is 9.54. The average molecular weight is 272 g/mol. The highest BCUT2D eigenvalue weighted by Crippen LogP contribution is 2.43. The largest absolute Gasteiger partial charge is 0.481 e. The number of methoxy groups -OCH3 is 1. The zero-order valence-corrected chi connectivity index (χ0v) is 12.5. The van der Waals surface area contributed by atoms with Crippen LogP contribution in [0.15, 0.2) is 0 Å². The molecule has 4 nitrogen and oxygen atoms in total. The summed E-state index contributed by atoms with van der Waals surface area (Å²) in [6.45, 7) is 6.08. The first-order valence-electron chi connectivity index (χ1n) is 7.32. The second-order valence-electron chi connectivity index (χ2n) is 6.02. The zero-order chi connectivity index (χ0) is 14.3. The molecular formula is C15H28O4. The van der Waals surface area contributed by atoms with Crippen molar-refractivity contribution in [2.24, 2.45) is 17.3 Å². The van der Waals surface area contributed by atoms with Crippen LogP contribution < -0.4 is 0 Å². The molecule has 0 heterocycles. The van der Waals surface area contributed by atoms with Crippen LogP contribution in [0.25, 0.3) is 0 Å². The summed E-state index contributed by atoms with van der Waals surface area (Å²) < 4.78 is 10.3. The van der Waals surface area contributed by atoms with Crippen molar-refractivity contribution in [2.45, 2.75) is 46.0 Å². The van der Waals surface area contributed by atoms with Gasteiger partial charge in [-0.2, -0.15) is 0 Å². The van der Waals surface area contributed by atoms with E-state index < -0.39 is 11.4 Å². The van der Waals surface area contributed by atoms with E-state index >= 15 is 0 Å². The Labute approximate surface area is 116 Å². The van der Waals surface area contributed by atoms with Crippen LogP contribution in [0, 0.1) is 17.3 Å². The number of carboxylic acids is 1. The van der Waals surface area contributed by atoms with Gasteiger partial charge in [-0.1, -0.05) is 13.8 Å². The number of rotatable bonds is 8. The van der Waals surface area contributed by atoms with Gasteiger partial charge in [0.2, 0.25) is 0 Å². The minimum atomic E-state index is -0.648. The minimum Gasteiger partial charge on any atom is -0.481 e. The van der Waals surface area contributed by atoms with Gasteiger partial charge in [0.15, 0.2) is 0 Å². The summed E-state index contributed by atoms with van der Waals surface area (Å²) >= 11 is 0. The van der Waals surface area contributed by atoms with E-state index in [2.05, 4.69) is 13.8 Å². The van der Waals surface area contributed by atoms with Gasteiger partial charge in [-0.15, -0.1) is 0 Å². The standard InChI is InChI=1S/C15H28O4/c1-12(2)13-4-6-15(7-5-13,14(16)17)8-9-19-11-10-18-3/h12-13H,4-11H2,1-3H3,(H,16,17). The smallest absolute Gasteiger partial charge is 0.309 e. The molecule has 0 aliphatic heterocycles. The molecule has 0 unspecified atom stereocenters. The molecule has 0 aromatic carbocycles. The lowest BCUT2D eigenvalue weighted by atomic mass is 9.66. The predicted octanol–water partition coefficient (Wildman–Crippen LogP) is 2.96. The van der Waals surface area contributed by atoms with E-state index in [0.717, 1.165) is 25.7 Å². The van der Waals surface area contributed by atoms with Crippen LogP contribution in [0.4, 0.5) is 0 Å². The van der Waals surface area contributed by atoms with Crippen molar-refractivity contribution in [3.8, 4) is 0 Å². The van der Waals surface area contributed by atoms with Gasteiger partial charge in [0, 0.05) is 13.7 Å². The third-order valence-corrected chi connectivity index (χ3v) is 4.54. The van der Waals surface area contributed by atoms with Crippen LogP contribution in [-0.4, -0.2) is 38.0 Å². The molecule has 4 heteroatoms. The van der Waals surface area contributed by atoms with Gasteiger partial charge in [-0.25, -0.2) is 0 Å². The maximum atomic E-state index is 11.6. The molecule has 112 valence electrons. The number of carboxylic acid groups (broad SMARTS) is 1. The zero-order valence-electron chi connectivity index (χ0n) is 12.5. The maximum Gasteiger partial charge on any atom is 0.309 e. The lowest BCUT2D eigenvalue weighted by molar-refractivity contribution is -0.153. The highest BCUT2D eigenvalue weighted by atomic mass is 16.5. The van der Waals surface area contributed by atoms with Crippen LogP contribution >= 0.6 is 0 Å². The monoisotopic (exact) mass is 272 g/mol. The number of carbonyl (C=O) groups is 1. The Bertz CT molecular complexity index is 267. The molecule has 0 aromatic rings. The second-order valence-corrected chi connectivity index (χ2v) is 6.02. The van der Waals surface area contributed by atoms with Gasteiger partial charge in [-0.3, -0.25) is 4.79 Å². The molecule has 1 saturated carbocycles. The molecule has 19 heavy (non-hydrogen) atoms. The number of hydrogen-bond acceptors (Lipinski definition) is 3. The van der Waals surface area contributed by atoms with E-state index in [0.29, 0.717) is 38.1 Å². The summed E-state index contributed by atoms with van der Waals surface area (Å²) in [6.07, 6.45) is 4.26. The molecule has 0 aromatic heterocycles. The molecule has 0 amide bonds. The summed E-state index contributed by atoms with van der Waals surface area (Å²) in [5.41, 5.74) is -0.557. The predicted molar refractivity (Wildman–Crippen MR) is 74.2 cm³/mol. The third kappa shape index (κ3) is 4.77. The fourth-order valence-electron chi connectivity index (χ4n) is 2.94. The van der Waals surface area contributed by atoms with Crippen molar-refractivity contribution in [2.75, 3.05) is 26.9 Å². The average Bonchev–Trinajstić information content (AvgIpc) is 2.38. The quantitative estimate of drug-likeness (QED) is 0.690. The van der Waals surface area contributed by atoms with Gasteiger partial charge in [0.1, 0.15) is 0 Å². The molecule has 1 N–H and O–H groups in total. The van der Waals surface area contributed by atoms with Gasteiger partial charge < -0.3 is 14.6 Å². The first-order valence-corrected chi connectivity index (χ1v) is 7.32. The van der Waals surface area contributed by atoms with Crippen molar-refractivity contribution in [3.63, 3.8) is 0 Å². The van der Waals surface area contributed by atoms with E-state index in [-0.39, 0.29) is 0 Å². The van der Waals surface area contributed by atoms with Crippen molar-refractivity contribution >= 4 is 5.97 Å². The normalized spacial score (nSPS) is 27.7. The molecule has 1 rings (SSSR count). The van der Waals surface area contributed by atoms with Crippen LogP contribution in [0.2, 0.25) is 0 Å². The molecular weight excluding hydrogens is 244 g/mol. The first kappa shape index (κ1) is 16.4. The van der Waals surface area contributed by atoms with E-state index in [1.807, 2.05) is 0 Å². The Hall–Kier alpha value is -0.610. The summed E-state index contributed by atoms with van der Waals surface area (Å²) in [5.74, 6) is 0.691. The SMILES string of the molecule is COCCOCCC1(C(=O)O)CCC(C(C)C)CC1. The molecule has 1 fully saturated rings. The molecule has 0 bridgehead atoms. The van der Waals surface area contributed by atoms with Crippen LogP contribution in [0.1, 0.15) is 46.0 Å². The Morgan fingerprint density at radius 2 is 1.89 bits per heavy atom. The third-order valence-electron chi connectivity index (χ3n) is 4.54. The van der Waals surface area contributed by atoms with Crippen LogP contribution in [0.5, 0.6) is 0 Å². The van der Waals surface area contributed by atoms with Crippen LogP contribution in [-0.2, 0) is 14.3 Å². The van der Waals surface area contributed by atoms with Crippen molar-refractivity contribution in [1.29, 1.82) is 0 Å². The topological polar surface area (TPSA) is 55.8 Å². The number of aliphatic carboxylic acids is 1. The van der Waals surface area contributed by atoms with Crippen molar-refractivity contribution in [1.82, 2.24) is 0 Å². The highest BCUT2D eigenvalue weighted by Gasteiger charge is 2.41. The van der Waals surface area contributed by atoms with Crippen LogP contribution in [0.3, 0.4) is 0 Å². The van der Waals surface area contributed by atoms with Crippen molar-refractivity contribution in [3.05, 3.63) is 0 Å². The minimum absolute atomic E-state index is 0.516. The van der Waals surface area contributed by atoms with Gasteiger partial charge in [-0.05, 0) is 43.9 Å². The van der Waals surface area contributed by atoms with Gasteiger partial charge in [0.05, 0.1) is 18.6 Å². The summed E-state index contributed by atoms with van der Waals surface area (Å²) in [6, 6.07) is 0. The second kappa shape index (κ2) is 7.85. The van der Waals surface area contributed by atoms with E-state index in [9.17, 15) is 9.90 Å². The van der Waals surface area contributed by atoms with Crippen molar-refractivity contribution < 1.29 is 19.4 Å². The Morgan fingerprint density at radius 3 is 2.37 bits per heavy atom. The Morgan fingerprint density at radius 1 is 1.26 bits per heavy atom. The Balaban J connectivity index is 2.42. The molecule has 1 aliphatic rings. The van der Waals surface area contributed by atoms with Gasteiger partial charge in [0.25, 0.3) is 0 Å². The van der Waals surface area contributed by atoms with E-state index in [4.69, 9.17) is 9.47 Å². The van der Waals surface area contributed by atoms with Gasteiger partial charge >= 0.3 is 5.97 Å².